The quantitative estimate of drug-likeness (QED) is 0.542. The van der Waals surface area contributed by atoms with Gasteiger partial charge < -0.3 is 10.3 Å². The molecule has 0 spiro atoms. The first-order chi connectivity index (χ1) is 13.3. The zero-order valence-electron chi connectivity index (χ0n) is 14.8. The van der Waals surface area contributed by atoms with Gasteiger partial charge in [-0.05, 0) is 46.4 Å². The van der Waals surface area contributed by atoms with Crippen LogP contribution in [0.3, 0.4) is 0 Å². The average Bonchev–Trinajstić information content (AvgIpc) is 3.31. The number of hydrogen-bond acceptors (Lipinski definition) is 2. The Morgan fingerprint density at radius 2 is 1.81 bits per heavy atom. The fourth-order valence-electron chi connectivity index (χ4n) is 3.90. The van der Waals surface area contributed by atoms with Crippen molar-refractivity contribution in [2.24, 2.45) is 0 Å². The molecule has 134 valence electrons. The molecule has 5 rings (SSSR count). The maximum Gasteiger partial charge on any atom is 0.141 e. The van der Waals surface area contributed by atoms with Gasteiger partial charge in [-0.2, -0.15) is 0 Å². The number of nitrogens with zero attached hydrogens (tertiary/aromatic N) is 1. The van der Waals surface area contributed by atoms with Crippen LogP contribution in [0.25, 0.3) is 22.2 Å². The Kier molecular flexibility index (Phi) is 3.98. The lowest BCUT2D eigenvalue weighted by molar-refractivity contribution is 0.271. The molecule has 0 saturated carbocycles. The normalized spacial score (nSPS) is 18.7. The Morgan fingerprint density at radius 1 is 1.00 bits per heavy atom. The highest BCUT2D eigenvalue weighted by molar-refractivity contribution is 5.81. The summed E-state index contributed by atoms with van der Waals surface area (Å²) in [6, 6.07) is 22.3. The molecule has 4 aromatic rings. The molecule has 0 unspecified atom stereocenters. The fourth-order valence-corrected chi connectivity index (χ4v) is 3.90. The van der Waals surface area contributed by atoms with Crippen LogP contribution in [0.5, 0.6) is 0 Å². The predicted octanol–water partition coefficient (Wildman–Crippen LogP) is 4.96. The first kappa shape index (κ1) is 16.2. The maximum atomic E-state index is 14.6. The molecule has 1 aromatic heterocycles. The summed E-state index contributed by atoms with van der Waals surface area (Å²) >= 11 is 0. The molecule has 1 aliphatic carbocycles. The Balaban J connectivity index is 1.27. The summed E-state index contributed by atoms with van der Waals surface area (Å²) in [7, 11) is 0. The Labute approximate surface area is 157 Å². The third-order valence-electron chi connectivity index (χ3n) is 5.42. The summed E-state index contributed by atoms with van der Waals surface area (Å²) in [5, 5.41) is 3.39. The van der Waals surface area contributed by atoms with Crippen LogP contribution in [-0.2, 0) is 13.0 Å². The van der Waals surface area contributed by atoms with E-state index in [1.165, 1.54) is 0 Å². The van der Waals surface area contributed by atoms with Crippen LogP contribution in [0.4, 0.5) is 4.39 Å². The Bertz CT molecular complexity index is 1080. The maximum absolute atomic E-state index is 14.6. The molecule has 0 fully saturated rings. The monoisotopic (exact) mass is 357 g/mol. The van der Waals surface area contributed by atoms with E-state index in [1.807, 2.05) is 30.3 Å². The molecule has 3 aromatic carbocycles. The lowest BCUT2D eigenvalue weighted by Crippen LogP contribution is -2.30. The number of rotatable bonds is 4. The van der Waals surface area contributed by atoms with Gasteiger partial charge in [0.1, 0.15) is 6.17 Å². The number of halogens is 1. The van der Waals surface area contributed by atoms with Gasteiger partial charge in [0.2, 0.25) is 0 Å². The molecular formula is C23H20FN3. The van der Waals surface area contributed by atoms with E-state index in [4.69, 9.17) is 0 Å². The number of fused-ring (bicyclic) bond motifs is 2. The standard InChI is InChI=1S/C23H20FN3/c24-23-19-4-2-1-3-18(19)12-22(23)25-13-15-5-7-16(8-6-15)17-9-10-20-21(11-17)27-14-26-20/h1-11,14,22-23,25H,12-13H2,(H,26,27)/t22-,23+/m0/s1. The smallest absolute Gasteiger partial charge is 0.141 e. The zero-order valence-corrected chi connectivity index (χ0v) is 14.8. The van der Waals surface area contributed by atoms with Gasteiger partial charge in [-0.1, -0.05) is 54.6 Å². The number of aromatic amines is 1. The Morgan fingerprint density at radius 3 is 2.67 bits per heavy atom. The topological polar surface area (TPSA) is 40.7 Å². The van der Waals surface area contributed by atoms with Crippen LogP contribution in [-0.4, -0.2) is 16.0 Å². The van der Waals surface area contributed by atoms with Gasteiger partial charge in [0.15, 0.2) is 0 Å². The van der Waals surface area contributed by atoms with Gasteiger partial charge >= 0.3 is 0 Å². The number of hydrogen-bond donors (Lipinski definition) is 2. The van der Waals surface area contributed by atoms with E-state index in [0.29, 0.717) is 6.54 Å². The van der Waals surface area contributed by atoms with Gasteiger partial charge in [-0.25, -0.2) is 9.37 Å². The summed E-state index contributed by atoms with van der Waals surface area (Å²) < 4.78 is 14.6. The molecule has 0 radical (unpaired) electrons. The molecule has 0 saturated heterocycles. The van der Waals surface area contributed by atoms with Gasteiger partial charge in [0, 0.05) is 12.6 Å². The van der Waals surface area contributed by atoms with E-state index in [-0.39, 0.29) is 6.04 Å². The van der Waals surface area contributed by atoms with Gasteiger partial charge in [-0.15, -0.1) is 0 Å². The van der Waals surface area contributed by atoms with Crippen molar-refractivity contribution in [3.05, 3.63) is 89.7 Å². The van der Waals surface area contributed by atoms with Crippen LogP contribution in [0, 0.1) is 0 Å². The third-order valence-corrected chi connectivity index (χ3v) is 5.42. The summed E-state index contributed by atoms with van der Waals surface area (Å²) in [6.45, 7) is 0.666. The molecule has 3 nitrogen and oxygen atoms in total. The van der Waals surface area contributed by atoms with E-state index in [9.17, 15) is 4.39 Å². The third kappa shape index (κ3) is 3.02. The number of alkyl halides is 1. The summed E-state index contributed by atoms with van der Waals surface area (Å²) in [5.74, 6) is 0. The fraction of sp³-hybridized carbons (Fsp3) is 0.174. The molecule has 1 aliphatic rings. The van der Waals surface area contributed by atoms with Crippen molar-refractivity contribution in [3.8, 4) is 11.1 Å². The lowest BCUT2D eigenvalue weighted by Gasteiger charge is -2.15. The molecule has 0 aliphatic heterocycles. The first-order valence-corrected chi connectivity index (χ1v) is 9.26. The van der Waals surface area contributed by atoms with Crippen molar-refractivity contribution >= 4 is 11.0 Å². The number of nitrogens with one attached hydrogen (secondary N) is 2. The molecule has 4 heteroatoms. The number of aromatic nitrogens is 2. The second kappa shape index (κ2) is 6.63. The second-order valence-electron chi connectivity index (χ2n) is 7.12. The van der Waals surface area contributed by atoms with Crippen LogP contribution < -0.4 is 5.32 Å². The van der Waals surface area contributed by atoms with Gasteiger partial charge in [0.05, 0.1) is 17.4 Å². The number of imidazole rings is 1. The van der Waals surface area contributed by atoms with Crippen molar-refractivity contribution < 1.29 is 4.39 Å². The lowest BCUT2D eigenvalue weighted by atomic mass is 10.0. The number of H-pyrrole nitrogens is 1. The molecule has 2 atom stereocenters. The highest BCUT2D eigenvalue weighted by atomic mass is 19.1. The van der Waals surface area contributed by atoms with Crippen molar-refractivity contribution in [2.75, 3.05) is 0 Å². The Hall–Kier alpha value is -2.98. The summed E-state index contributed by atoms with van der Waals surface area (Å²) in [4.78, 5) is 7.40. The first-order valence-electron chi connectivity index (χ1n) is 9.26. The van der Waals surface area contributed by atoms with Crippen LogP contribution in [0.15, 0.2) is 73.1 Å². The summed E-state index contributed by atoms with van der Waals surface area (Å²) in [6.07, 6.45) is 1.53. The minimum Gasteiger partial charge on any atom is -0.345 e. The van der Waals surface area contributed by atoms with Crippen molar-refractivity contribution in [2.45, 2.75) is 25.2 Å². The van der Waals surface area contributed by atoms with Crippen molar-refractivity contribution in [3.63, 3.8) is 0 Å². The van der Waals surface area contributed by atoms with Crippen molar-refractivity contribution in [1.82, 2.24) is 15.3 Å². The molecule has 2 N–H and O–H groups in total. The number of benzene rings is 3. The zero-order chi connectivity index (χ0) is 18.2. The van der Waals surface area contributed by atoms with E-state index >= 15 is 0 Å². The summed E-state index contributed by atoms with van der Waals surface area (Å²) in [5.41, 5.74) is 7.43. The van der Waals surface area contributed by atoms with E-state index in [2.05, 4.69) is 51.7 Å². The van der Waals surface area contributed by atoms with Gasteiger partial charge in [-0.3, -0.25) is 0 Å². The second-order valence-corrected chi connectivity index (χ2v) is 7.12. The molecule has 27 heavy (non-hydrogen) atoms. The minimum absolute atomic E-state index is 0.148. The SMILES string of the molecule is F[C@@H]1c2ccccc2C[C@@H]1NCc1ccc(-c2ccc3nc[nH]c3c2)cc1. The average molecular weight is 357 g/mol. The molecule has 1 heterocycles. The largest absolute Gasteiger partial charge is 0.345 e. The van der Waals surface area contributed by atoms with Gasteiger partial charge in [0.25, 0.3) is 0 Å². The van der Waals surface area contributed by atoms with Crippen LogP contribution in [0.2, 0.25) is 0 Å². The van der Waals surface area contributed by atoms with E-state index in [1.54, 1.807) is 6.33 Å². The highest BCUT2D eigenvalue weighted by Gasteiger charge is 2.31. The van der Waals surface area contributed by atoms with Crippen LogP contribution >= 0.6 is 0 Å². The molecule has 0 amide bonds. The van der Waals surface area contributed by atoms with Crippen molar-refractivity contribution in [1.29, 1.82) is 0 Å². The minimum atomic E-state index is -0.929. The van der Waals surface area contributed by atoms with Crippen LogP contribution in [0.1, 0.15) is 22.9 Å². The molecular weight excluding hydrogens is 337 g/mol. The molecule has 0 bridgehead atoms. The highest BCUT2D eigenvalue weighted by Crippen LogP contribution is 2.34. The predicted molar refractivity (Wildman–Crippen MR) is 106 cm³/mol. The van der Waals surface area contributed by atoms with E-state index < -0.39 is 6.17 Å². The van der Waals surface area contributed by atoms with E-state index in [0.717, 1.165) is 45.3 Å².